The number of benzene rings is 2. The summed E-state index contributed by atoms with van der Waals surface area (Å²) >= 11 is 0. The second-order valence-electron chi connectivity index (χ2n) is 7.18. The highest BCUT2D eigenvalue weighted by Gasteiger charge is 2.09. The molecule has 7 nitrogen and oxygen atoms in total. The summed E-state index contributed by atoms with van der Waals surface area (Å²) in [5.41, 5.74) is 5.20. The van der Waals surface area contributed by atoms with E-state index in [0.29, 0.717) is 30.5 Å². The monoisotopic (exact) mass is 402 g/mol. The summed E-state index contributed by atoms with van der Waals surface area (Å²) in [5, 5.41) is 9.57. The van der Waals surface area contributed by atoms with Crippen molar-refractivity contribution in [1.29, 1.82) is 0 Å². The summed E-state index contributed by atoms with van der Waals surface area (Å²) in [5.74, 6) is 0.868. The van der Waals surface area contributed by atoms with Crippen LogP contribution >= 0.6 is 0 Å². The summed E-state index contributed by atoms with van der Waals surface area (Å²) < 4.78 is 1.35. The number of aryl methyl sites for hydroxylation is 2. The van der Waals surface area contributed by atoms with Crippen LogP contribution in [0.1, 0.15) is 36.2 Å². The fourth-order valence-corrected chi connectivity index (χ4v) is 3.36. The Morgan fingerprint density at radius 1 is 0.900 bits per heavy atom. The molecular weight excluding hydrogens is 376 g/mol. The van der Waals surface area contributed by atoms with E-state index in [4.69, 9.17) is 0 Å². The van der Waals surface area contributed by atoms with E-state index in [-0.39, 0.29) is 5.56 Å². The van der Waals surface area contributed by atoms with Crippen LogP contribution in [-0.4, -0.2) is 19.6 Å². The Bertz CT molecular complexity index is 1190. The van der Waals surface area contributed by atoms with Crippen molar-refractivity contribution in [3.8, 4) is 0 Å². The fraction of sp³-hybridized carbons (Fsp3) is 0.261. The number of hydrogen-bond acceptors (Lipinski definition) is 5. The van der Waals surface area contributed by atoms with Gasteiger partial charge in [-0.2, -0.15) is 9.50 Å². The average molecular weight is 403 g/mol. The third-order valence-corrected chi connectivity index (χ3v) is 5.13. The summed E-state index contributed by atoms with van der Waals surface area (Å²) in [7, 11) is 0. The van der Waals surface area contributed by atoms with Crippen LogP contribution in [0.4, 0.5) is 11.6 Å². The minimum absolute atomic E-state index is 0.187. The zero-order chi connectivity index (χ0) is 20.9. The smallest absolute Gasteiger partial charge is 0.274 e. The molecule has 0 fully saturated rings. The molecule has 0 amide bonds. The van der Waals surface area contributed by atoms with E-state index in [9.17, 15) is 4.79 Å². The van der Waals surface area contributed by atoms with Gasteiger partial charge in [0, 0.05) is 18.3 Å². The highest BCUT2D eigenvalue weighted by Crippen LogP contribution is 2.16. The van der Waals surface area contributed by atoms with E-state index in [1.54, 1.807) is 0 Å². The predicted octanol–water partition coefficient (Wildman–Crippen LogP) is 3.77. The highest BCUT2D eigenvalue weighted by molar-refractivity contribution is 5.51. The first-order valence-corrected chi connectivity index (χ1v) is 10.3. The van der Waals surface area contributed by atoms with Gasteiger partial charge in [-0.25, -0.2) is 4.98 Å². The number of rotatable bonds is 8. The molecule has 154 valence electrons. The van der Waals surface area contributed by atoms with Crippen LogP contribution in [0.15, 0.2) is 59.4 Å². The number of aromatic amines is 1. The maximum absolute atomic E-state index is 12.5. The largest absolute Gasteiger partial charge is 0.379 e. The Labute approximate surface area is 175 Å². The van der Waals surface area contributed by atoms with Crippen molar-refractivity contribution in [2.24, 2.45) is 0 Å². The molecule has 0 aliphatic heterocycles. The lowest BCUT2D eigenvalue weighted by molar-refractivity contribution is 0.874. The van der Waals surface area contributed by atoms with Crippen LogP contribution in [-0.2, 0) is 25.9 Å². The molecule has 0 aliphatic rings. The molecule has 7 heteroatoms. The van der Waals surface area contributed by atoms with Crippen molar-refractivity contribution < 1.29 is 0 Å². The van der Waals surface area contributed by atoms with Crippen LogP contribution in [0.2, 0.25) is 0 Å². The standard InChI is InChI=1S/C23H26N6O/c1-3-16-9-11-17(12-10-16)14-25-22-27-23-26-19(13-21(30)29(23)28-22)15-24-20-8-6-5-7-18(20)4-2/h5-13,24H,3-4,14-15H2,1-2H3,(H2,25,26,27,28). The minimum Gasteiger partial charge on any atom is -0.379 e. The Morgan fingerprint density at radius 2 is 1.67 bits per heavy atom. The summed E-state index contributed by atoms with van der Waals surface area (Å²) in [6.07, 6.45) is 1.96. The molecule has 0 saturated carbocycles. The first kappa shape index (κ1) is 19.7. The lowest BCUT2D eigenvalue weighted by Crippen LogP contribution is -2.17. The van der Waals surface area contributed by atoms with Crippen LogP contribution in [0, 0.1) is 0 Å². The number of nitrogens with one attached hydrogen (secondary N) is 3. The molecule has 0 bridgehead atoms. The third-order valence-electron chi connectivity index (χ3n) is 5.13. The van der Waals surface area contributed by atoms with Crippen LogP contribution in [0.5, 0.6) is 0 Å². The molecule has 2 heterocycles. The zero-order valence-electron chi connectivity index (χ0n) is 17.3. The Morgan fingerprint density at radius 3 is 2.43 bits per heavy atom. The van der Waals surface area contributed by atoms with Gasteiger partial charge < -0.3 is 10.6 Å². The maximum atomic E-state index is 12.5. The van der Waals surface area contributed by atoms with Crippen LogP contribution < -0.4 is 16.2 Å². The molecular formula is C23H26N6O. The lowest BCUT2D eigenvalue weighted by atomic mass is 10.1. The Balaban J connectivity index is 1.47. The molecule has 0 aliphatic carbocycles. The van der Waals surface area contributed by atoms with E-state index in [0.717, 1.165) is 24.1 Å². The van der Waals surface area contributed by atoms with Gasteiger partial charge in [0.2, 0.25) is 5.95 Å². The van der Waals surface area contributed by atoms with Crippen molar-refractivity contribution in [2.75, 3.05) is 10.6 Å². The molecule has 2 aromatic heterocycles. The Hall–Kier alpha value is -3.61. The van der Waals surface area contributed by atoms with Crippen molar-refractivity contribution in [2.45, 2.75) is 39.8 Å². The van der Waals surface area contributed by atoms with Crippen LogP contribution in [0.25, 0.3) is 5.78 Å². The van der Waals surface area contributed by atoms with Gasteiger partial charge >= 0.3 is 0 Å². The van der Waals surface area contributed by atoms with Gasteiger partial charge in [-0.3, -0.25) is 9.89 Å². The number of aromatic nitrogens is 4. The van der Waals surface area contributed by atoms with Crippen molar-refractivity contribution in [3.05, 3.63) is 87.3 Å². The van der Waals surface area contributed by atoms with Crippen molar-refractivity contribution in [1.82, 2.24) is 19.6 Å². The highest BCUT2D eigenvalue weighted by atomic mass is 16.1. The number of H-pyrrole nitrogens is 1. The molecule has 3 N–H and O–H groups in total. The quantitative estimate of drug-likeness (QED) is 0.418. The van der Waals surface area contributed by atoms with Gasteiger partial charge in [0.25, 0.3) is 11.3 Å². The van der Waals surface area contributed by atoms with E-state index >= 15 is 0 Å². The molecule has 0 unspecified atom stereocenters. The molecule has 30 heavy (non-hydrogen) atoms. The van der Waals surface area contributed by atoms with Gasteiger partial charge in [0.1, 0.15) is 0 Å². The topological polar surface area (TPSA) is 87.1 Å². The molecule has 2 aromatic carbocycles. The molecule has 4 rings (SSSR count). The second kappa shape index (κ2) is 8.82. The van der Waals surface area contributed by atoms with Gasteiger partial charge in [0.15, 0.2) is 0 Å². The molecule has 4 aromatic rings. The number of para-hydroxylation sites is 1. The van der Waals surface area contributed by atoms with E-state index in [1.165, 1.54) is 21.7 Å². The van der Waals surface area contributed by atoms with Crippen molar-refractivity contribution >= 4 is 17.4 Å². The van der Waals surface area contributed by atoms with E-state index < -0.39 is 0 Å². The second-order valence-corrected chi connectivity index (χ2v) is 7.18. The lowest BCUT2D eigenvalue weighted by Gasteiger charge is -2.10. The van der Waals surface area contributed by atoms with Gasteiger partial charge in [0.05, 0.1) is 12.2 Å². The predicted molar refractivity (Wildman–Crippen MR) is 120 cm³/mol. The SMILES string of the molecule is CCc1ccc(CNc2nc3nc(CNc4ccccc4CC)cc(=O)n3[nH]2)cc1. The number of anilines is 2. The first-order valence-electron chi connectivity index (χ1n) is 10.3. The summed E-state index contributed by atoms with van der Waals surface area (Å²) in [4.78, 5) is 21.4. The molecule has 0 spiro atoms. The minimum atomic E-state index is -0.187. The summed E-state index contributed by atoms with van der Waals surface area (Å²) in [6.45, 7) is 5.33. The third kappa shape index (κ3) is 4.35. The summed E-state index contributed by atoms with van der Waals surface area (Å²) in [6, 6.07) is 18.1. The molecule has 0 saturated heterocycles. The maximum Gasteiger partial charge on any atom is 0.274 e. The van der Waals surface area contributed by atoms with Gasteiger partial charge in [-0.15, -0.1) is 0 Å². The molecule has 0 radical (unpaired) electrons. The number of hydrogen-bond donors (Lipinski definition) is 3. The van der Waals surface area contributed by atoms with Gasteiger partial charge in [-0.05, 0) is 35.6 Å². The van der Waals surface area contributed by atoms with E-state index in [2.05, 4.69) is 69.9 Å². The van der Waals surface area contributed by atoms with Crippen molar-refractivity contribution in [3.63, 3.8) is 0 Å². The Kier molecular flexibility index (Phi) is 5.79. The fourth-order valence-electron chi connectivity index (χ4n) is 3.36. The zero-order valence-corrected chi connectivity index (χ0v) is 17.3. The van der Waals surface area contributed by atoms with Gasteiger partial charge in [-0.1, -0.05) is 56.3 Å². The number of fused-ring (bicyclic) bond motifs is 1. The van der Waals surface area contributed by atoms with Crippen LogP contribution in [0.3, 0.4) is 0 Å². The molecule has 0 atom stereocenters. The van der Waals surface area contributed by atoms with E-state index in [1.807, 2.05) is 18.2 Å². The average Bonchev–Trinajstić information content (AvgIpc) is 3.20. The first-order chi connectivity index (χ1) is 14.7. The number of nitrogens with zero attached hydrogens (tertiary/aromatic N) is 3. The normalized spacial score (nSPS) is 11.0.